The summed E-state index contributed by atoms with van der Waals surface area (Å²) in [7, 11) is -0.884. The maximum absolute atomic E-state index is 10.8. The number of rotatable bonds is 14. The van der Waals surface area contributed by atoms with Crippen molar-refractivity contribution >= 4 is 20.6 Å². The summed E-state index contributed by atoms with van der Waals surface area (Å²) >= 11 is 0. The first-order valence-electron chi connectivity index (χ1n) is 11.1. The summed E-state index contributed by atoms with van der Waals surface area (Å²) in [6.45, 7) is 19.4. The molecule has 0 spiro atoms. The fraction of sp³-hybridized carbons (Fsp3) is 0.680. The second kappa shape index (κ2) is 20.7. The largest absolute Gasteiger partial charge is 0.298 e. The molecule has 0 radical (unpaired) electrons. The maximum atomic E-state index is 10.8. The molecule has 0 heterocycles. The average Bonchev–Trinajstić information content (AvgIpc) is 2.67. The van der Waals surface area contributed by atoms with Crippen LogP contribution in [0.25, 0.3) is 0 Å². The van der Waals surface area contributed by atoms with Crippen LogP contribution in [0.1, 0.15) is 72.6 Å². The molecule has 0 saturated heterocycles. The zero-order valence-corrected chi connectivity index (χ0v) is 23.3. The molecule has 0 aromatic heterocycles. The normalized spacial score (nSPS) is 14.0. The smallest absolute Gasteiger partial charge is 0.145 e. The van der Waals surface area contributed by atoms with Crippen molar-refractivity contribution in [2.75, 3.05) is 0 Å². The topological polar surface area (TPSA) is 34.1 Å². The fourth-order valence-corrected chi connectivity index (χ4v) is 4.22. The van der Waals surface area contributed by atoms with Crippen LogP contribution in [0.5, 0.6) is 0 Å². The van der Waals surface area contributed by atoms with Gasteiger partial charge < -0.3 is 0 Å². The average molecular weight is 602 g/mol. The minimum absolute atomic E-state index is 0. The maximum Gasteiger partial charge on any atom is 0.145 e. The molecule has 2 atom stereocenters. The second-order valence-electron chi connectivity index (χ2n) is 8.74. The summed E-state index contributed by atoms with van der Waals surface area (Å²) in [5, 5.41) is 0. The Labute approximate surface area is 197 Å². The molecule has 0 bridgehead atoms. The fourth-order valence-electron chi connectivity index (χ4n) is 2.95. The van der Waals surface area contributed by atoms with Crippen molar-refractivity contribution in [2.24, 2.45) is 11.8 Å². The van der Waals surface area contributed by atoms with Gasteiger partial charge in [0.25, 0.3) is 0 Å². The number of carbonyl (C=O) groups is 2. The van der Waals surface area contributed by atoms with Crippen LogP contribution in [-0.4, -0.2) is 20.6 Å². The van der Waals surface area contributed by atoms with E-state index in [1.54, 1.807) is 0 Å². The van der Waals surface area contributed by atoms with E-state index < -0.39 is 8.07 Å². The van der Waals surface area contributed by atoms with Crippen LogP contribution in [0.2, 0.25) is 25.7 Å². The Morgan fingerprint density at radius 2 is 1.31 bits per heavy atom. The third-order valence-corrected chi connectivity index (χ3v) is 6.89. The van der Waals surface area contributed by atoms with E-state index in [1.165, 1.54) is 18.9 Å². The van der Waals surface area contributed by atoms with Gasteiger partial charge in [-0.1, -0.05) is 78.0 Å². The Bertz CT molecular complexity index is 490. The molecular formula is C25H46O2PtSi. The molecule has 0 rings (SSSR count). The number of hydrogen-bond acceptors (Lipinski definition) is 2. The Morgan fingerprint density at radius 3 is 1.62 bits per heavy atom. The molecular weight excluding hydrogens is 555 g/mol. The van der Waals surface area contributed by atoms with Crippen molar-refractivity contribution in [3.63, 3.8) is 0 Å². The minimum atomic E-state index is -0.884. The molecule has 0 amide bonds. The number of allylic oxidation sites excluding steroid dienone is 5. The molecule has 0 saturated carbocycles. The summed E-state index contributed by atoms with van der Waals surface area (Å²) in [5.41, 5.74) is 1.88. The van der Waals surface area contributed by atoms with E-state index in [-0.39, 0.29) is 21.1 Å². The molecule has 2 unspecified atom stereocenters. The van der Waals surface area contributed by atoms with Gasteiger partial charge in [-0.25, -0.2) is 0 Å². The summed E-state index contributed by atoms with van der Waals surface area (Å²) < 4.78 is 0. The summed E-state index contributed by atoms with van der Waals surface area (Å²) in [4.78, 5) is 21.3. The Hall–Kier alpha value is -0.535. The van der Waals surface area contributed by atoms with Crippen LogP contribution in [0, 0.1) is 11.8 Å². The van der Waals surface area contributed by atoms with E-state index in [1.807, 2.05) is 13.0 Å². The molecule has 2 nitrogen and oxygen atoms in total. The van der Waals surface area contributed by atoms with E-state index in [0.29, 0.717) is 11.8 Å². The van der Waals surface area contributed by atoms with E-state index >= 15 is 0 Å². The van der Waals surface area contributed by atoms with E-state index in [9.17, 15) is 9.59 Å². The SMILES string of the molecule is C=CCC(/C=C(/C=O)CC)CC.CC/C(C=O)=C\C(CC)CCC[Si](C)(C)C.[Pt]. The molecule has 0 fully saturated rings. The van der Waals surface area contributed by atoms with Crippen molar-refractivity contribution in [3.8, 4) is 0 Å². The molecule has 0 aromatic rings. The quantitative estimate of drug-likeness (QED) is 0.0882. The van der Waals surface area contributed by atoms with Crippen molar-refractivity contribution in [3.05, 3.63) is 36.0 Å². The van der Waals surface area contributed by atoms with Gasteiger partial charge in [0.15, 0.2) is 0 Å². The summed E-state index contributed by atoms with van der Waals surface area (Å²) in [6, 6.07) is 1.40. The van der Waals surface area contributed by atoms with Crippen molar-refractivity contribution in [2.45, 2.75) is 98.3 Å². The first-order valence-corrected chi connectivity index (χ1v) is 14.8. The molecule has 172 valence electrons. The van der Waals surface area contributed by atoms with Gasteiger partial charge in [0.1, 0.15) is 12.6 Å². The first kappa shape index (κ1) is 33.1. The number of aldehydes is 2. The zero-order valence-electron chi connectivity index (χ0n) is 20.0. The third-order valence-electron chi connectivity index (χ3n) is 5.04. The predicted molar refractivity (Wildman–Crippen MR) is 129 cm³/mol. The predicted octanol–water partition coefficient (Wildman–Crippen LogP) is 7.79. The molecule has 4 heteroatoms. The molecule has 29 heavy (non-hydrogen) atoms. The third kappa shape index (κ3) is 20.5. The Balaban J connectivity index is -0.000000468. The van der Waals surface area contributed by atoms with Crippen molar-refractivity contribution < 1.29 is 30.7 Å². The van der Waals surface area contributed by atoms with Gasteiger partial charge >= 0.3 is 0 Å². The first-order chi connectivity index (χ1) is 13.2. The standard InChI is InChI=1S/C14H28OSi.C11H18O.Pt/c1-6-13(11-14(7-2)12-15)9-8-10-16(3,4)5;1-4-7-10(5-2)8-11(6-3)9-12;/h11-13H,6-10H2,1-5H3;4,8-10H,1,5-7H2,2-3H3;/b14-11+;11-8+;. The summed E-state index contributed by atoms with van der Waals surface area (Å²) in [5.74, 6) is 1.10. The van der Waals surface area contributed by atoms with Crippen LogP contribution in [0.3, 0.4) is 0 Å². The van der Waals surface area contributed by atoms with Gasteiger partial charge in [-0.3, -0.25) is 9.59 Å². The van der Waals surface area contributed by atoms with E-state index in [2.05, 4.69) is 59.1 Å². The molecule has 0 aliphatic heterocycles. The molecule has 0 N–H and O–H groups in total. The molecule has 0 aliphatic rings. The molecule has 0 aromatic carbocycles. The van der Waals surface area contributed by atoms with Gasteiger partial charge in [-0.15, -0.1) is 6.58 Å². The van der Waals surface area contributed by atoms with Gasteiger partial charge in [0.05, 0.1) is 0 Å². The zero-order chi connectivity index (χ0) is 22.0. The van der Waals surface area contributed by atoms with Crippen LogP contribution >= 0.6 is 0 Å². The summed E-state index contributed by atoms with van der Waals surface area (Å²) in [6.07, 6.45) is 15.6. The van der Waals surface area contributed by atoms with Gasteiger partial charge in [0, 0.05) is 29.1 Å². The number of carbonyl (C=O) groups excluding carboxylic acids is 2. The van der Waals surface area contributed by atoms with Crippen LogP contribution in [0.15, 0.2) is 36.0 Å². The van der Waals surface area contributed by atoms with Gasteiger partial charge in [-0.2, -0.15) is 0 Å². The Morgan fingerprint density at radius 1 is 0.862 bits per heavy atom. The second-order valence-corrected chi connectivity index (χ2v) is 14.4. The van der Waals surface area contributed by atoms with Crippen LogP contribution < -0.4 is 0 Å². The van der Waals surface area contributed by atoms with Crippen molar-refractivity contribution in [1.82, 2.24) is 0 Å². The van der Waals surface area contributed by atoms with Gasteiger partial charge in [0.2, 0.25) is 0 Å². The van der Waals surface area contributed by atoms with Crippen molar-refractivity contribution in [1.29, 1.82) is 0 Å². The van der Waals surface area contributed by atoms with Crippen LogP contribution in [-0.2, 0) is 30.7 Å². The number of hydrogen-bond donors (Lipinski definition) is 0. The Kier molecular flexibility index (Phi) is 23.7. The van der Waals surface area contributed by atoms with E-state index in [0.717, 1.165) is 55.8 Å². The molecule has 0 aliphatic carbocycles. The van der Waals surface area contributed by atoms with Gasteiger partial charge in [-0.05, 0) is 61.5 Å². The monoisotopic (exact) mass is 601 g/mol. The van der Waals surface area contributed by atoms with E-state index in [4.69, 9.17) is 0 Å². The van der Waals surface area contributed by atoms with Crippen LogP contribution in [0.4, 0.5) is 0 Å². The minimum Gasteiger partial charge on any atom is -0.298 e.